The summed E-state index contributed by atoms with van der Waals surface area (Å²) < 4.78 is 32.2. The second-order valence-electron chi connectivity index (χ2n) is 5.02. The molecule has 0 unspecified atom stereocenters. The van der Waals surface area contributed by atoms with Gasteiger partial charge >= 0.3 is 5.63 Å². The van der Waals surface area contributed by atoms with Gasteiger partial charge in [0.05, 0.1) is 10.6 Å². The molecule has 1 N–H and O–H groups in total. The normalized spacial score (nSPS) is 11.6. The van der Waals surface area contributed by atoms with Crippen LogP contribution in [0.2, 0.25) is 5.02 Å². The number of hydrogen-bond donors (Lipinski definition) is 1. The molecule has 1 heterocycles. The van der Waals surface area contributed by atoms with E-state index in [4.69, 9.17) is 16.0 Å². The van der Waals surface area contributed by atoms with Crippen molar-refractivity contribution >= 4 is 38.3 Å². The molecule has 3 rings (SSSR count). The Hall–Kier alpha value is -2.31. The third-order valence-corrected chi connectivity index (χ3v) is 4.98. The number of aryl methyl sites for hydroxylation is 1. The van der Waals surface area contributed by atoms with E-state index in [0.29, 0.717) is 16.3 Å². The van der Waals surface area contributed by atoms with Crippen molar-refractivity contribution in [3.63, 3.8) is 0 Å². The first-order chi connectivity index (χ1) is 10.8. The maximum absolute atomic E-state index is 12.3. The molecule has 23 heavy (non-hydrogen) atoms. The molecule has 0 bridgehead atoms. The maximum atomic E-state index is 12.3. The van der Waals surface area contributed by atoms with Crippen LogP contribution in [0.4, 0.5) is 5.69 Å². The molecular formula is C16H12ClNO4S. The third-order valence-electron chi connectivity index (χ3n) is 3.33. The molecule has 5 nitrogen and oxygen atoms in total. The first kappa shape index (κ1) is 15.6. The van der Waals surface area contributed by atoms with E-state index in [1.54, 1.807) is 19.1 Å². The minimum atomic E-state index is -3.75. The van der Waals surface area contributed by atoms with Crippen molar-refractivity contribution < 1.29 is 12.8 Å². The minimum Gasteiger partial charge on any atom is -0.423 e. The van der Waals surface area contributed by atoms with E-state index in [-0.39, 0.29) is 4.90 Å². The average molecular weight is 350 g/mol. The van der Waals surface area contributed by atoms with Crippen molar-refractivity contribution in [3.8, 4) is 0 Å². The zero-order chi connectivity index (χ0) is 16.6. The zero-order valence-electron chi connectivity index (χ0n) is 12.0. The number of hydrogen-bond acceptors (Lipinski definition) is 4. The molecule has 0 saturated carbocycles. The molecule has 0 radical (unpaired) electrons. The van der Waals surface area contributed by atoms with Crippen LogP contribution in [0.5, 0.6) is 0 Å². The van der Waals surface area contributed by atoms with E-state index in [0.717, 1.165) is 10.9 Å². The zero-order valence-corrected chi connectivity index (χ0v) is 13.6. The molecule has 0 aliphatic rings. The molecule has 0 saturated heterocycles. The summed E-state index contributed by atoms with van der Waals surface area (Å²) in [5, 5.41) is 1.20. The Kier molecular flexibility index (Phi) is 3.87. The Bertz CT molecular complexity index is 1040. The topological polar surface area (TPSA) is 76.4 Å². The summed E-state index contributed by atoms with van der Waals surface area (Å²) in [5.41, 5.74) is 0.920. The Morgan fingerprint density at radius 2 is 1.74 bits per heavy atom. The van der Waals surface area contributed by atoms with E-state index in [2.05, 4.69) is 4.72 Å². The molecule has 0 aliphatic carbocycles. The highest BCUT2D eigenvalue weighted by Gasteiger charge is 2.14. The van der Waals surface area contributed by atoms with E-state index in [1.807, 2.05) is 0 Å². The number of benzene rings is 2. The van der Waals surface area contributed by atoms with Crippen LogP contribution in [-0.4, -0.2) is 8.42 Å². The van der Waals surface area contributed by atoms with Crippen molar-refractivity contribution in [2.75, 3.05) is 4.72 Å². The third kappa shape index (κ3) is 3.23. The van der Waals surface area contributed by atoms with Crippen LogP contribution in [0, 0.1) is 6.92 Å². The van der Waals surface area contributed by atoms with Crippen LogP contribution in [0.15, 0.2) is 62.6 Å². The van der Waals surface area contributed by atoms with Crippen molar-refractivity contribution in [2.45, 2.75) is 11.8 Å². The summed E-state index contributed by atoms with van der Waals surface area (Å²) in [7, 11) is -3.75. The van der Waals surface area contributed by atoms with Gasteiger partial charge in [0.1, 0.15) is 5.58 Å². The van der Waals surface area contributed by atoms with Gasteiger partial charge in [-0.1, -0.05) is 11.6 Å². The summed E-state index contributed by atoms with van der Waals surface area (Å²) in [6.07, 6.45) is 0. The highest BCUT2D eigenvalue weighted by Crippen LogP contribution is 2.23. The van der Waals surface area contributed by atoms with Gasteiger partial charge in [-0.3, -0.25) is 4.72 Å². The quantitative estimate of drug-likeness (QED) is 0.733. The first-order valence-corrected chi connectivity index (χ1v) is 8.54. The number of halogens is 1. The standard InChI is InChI=1S/C16H12ClNO4S/c1-10-8-16(19)22-15-9-12(4-7-14(10)15)18-23(20,21)13-5-2-11(17)3-6-13/h2-9,18H,1H3. The number of rotatable bonds is 3. The molecule has 0 spiro atoms. The average Bonchev–Trinajstić information content (AvgIpc) is 2.46. The summed E-state index contributed by atoms with van der Waals surface area (Å²) in [5.74, 6) is 0. The van der Waals surface area contributed by atoms with Gasteiger partial charge in [-0.05, 0) is 48.9 Å². The van der Waals surface area contributed by atoms with Gasteiger partial charge in [0.25, 0.3) is 10.0 Å². The molecule has 0 fully saturated rings. The van der Waals surface area contributed by atoms with Crippen molar-refractivity contribution in [3.05, 3.63) is 69.5 Å². The number of fused-ring (bicyclic) bond motifs is 1. The van der Waals surface area contributed by atoms with Gasteiger partial charge in [-0.25, -0.2) is 13.2 Å². The molecule has 3 aromatic rings. The van der Waals surface area contributed by atoms with Gasteiger partial charge in [0.2, 0.25) is 0 Å². The molecule has 0 amide bonds. The van der Waals surface area contributed by atoms with Crippen molar-refractivity contribution in [1.82, 2.24) is 0 Å². The molecule has 7 heteroatoms. The van der Waals surface area contributed by atoms with Gasteiger partial charge < -0.3 is 4.42 Å². The Morgan fingerprint density at radius 3 is 2.43 bits per heavy atom. The lowest BCUT2D eigenvalue weighted by Gasteiger charge is -2.09. The predicted octanol–water partition coefficient (Wildman–Crippen LogP) is 3.56. The fourth-order valence-electron chi connectivity index (χ4n) is 2.22. The van der Waals surface area contributed by atoms with Gasteiger partial charge in [-0.15, -0.1) is 0 Å². The number of nitrogens with one attached hydrogen (secondary N) is 1. The lowest BCUT2D eigenvalue weighted by atomic mass is 10.1. The lowest BCUT2D eigenvalue weighted by Crippen LogP contribution is -2.12. The van der Waals surface area contributed by atoms with Gasteiger partial charge in [0.15, 0.2) is 0 Å². The minimum absolute atomic E-state index is 0.0905. The molecule has 0 aliphatic heterocycles. The van der Waals surface area contributed by atoms with Crippen LogP contribution in [0.1, 0.15) is 5.56 Å². The van der Waals surface area contributed by atoms with E-state index in [9.17, 15) is 13.2 Å². The second-order valence-corrected chi connectivity index (χ2v) is 7.14. The van der Waals surface area contributed by atoms with Gasteiger partial charge in [0, 0.05) is 22.5 Å². The summed E-state index contributed by atoms with van der Waals surface area (Å²) in [6.45, 7) is 1.79. The first-order valence-electron chi connectivity index (χ1n) is 6.68. The van der Waals surface area contributed by atoms with Crippen LogP contribution in [-0.2, 0) is 10.0 Å². The molecule has 1 aromatic heterocycles. The Morgan fingerprint density at radius 1 is 1.04 bits per heavy atom. The van der Waals surface area contributed by atoms with Crippen LogP contribution in [0.3, 0.4) is 0 Å². The van der Waals surface area contributed by atoms with E-state index < -0.39 is 15.6 Å². The molecule has 0 atom stereocenters. The fourth-order valence-corrected chi connectivity index (χ4v) is 3.39. The summed E-state index contributed by atoms with van der Waals surface area (Å²) in [4.78, 5) is 11.5. The SMILES string of the molecule is Cc1cc(=O)oc2cc(NS(=O)(=O)c3ccc(Cl)cc3)ccc12. The monoisotopic (exact) mass is 349 g/mol. The maximum Gasteiger partial charge on any atom is 0.336 e. The van der Waals surface area contributed by atoms with Crippen LogP contribution >= 0.6 is 11.6 Å². The Labute approximate surface area is 137 Å². The number of anilines is 1. The van der Waals surface area contributed by atoms with Crippen LogP contribution < -0.4 is 10.3 Å². The lowest BCUT2D eigenvalue weighted by molar-refractivity contribution is 0.560. The molecular weight excluding hydrogens is 338 g/mol. The molecule has 118 valence electrons. The second kappa shape index (κ2) is 5.72. The van der Waals surface area contributed by atoms with Crippen LogP contribution in [0.25, 0.3) is 11.0 Å². The van der Waals surface area contributed by atoms with E-state index in [1.165, 1.54) is 36.4 Å². The van der Waals surface area contributed by atoms with E-state index >= 15 is 0 Å². The largest absolute Gasteiger partial charge is 0.423 e. The molecule has 2 aromatic carbocycles. The predicted molar refractivity (Wildman–Crippen MR) is 89.5 cm³/mol. The Balaban J connectivity index is 2.01. The van der Waals surface area contributed by atoms with Crippen molar-refractivity contribution in [1.29, 1.82) is 0 Å². The number of sulfonamides is 1. The highest BCUT2D eigenvalue weighted by molar-refractivity contribution is 7.92. The smallest absolute Gasteiger partial charge is 0.336 e. The van der Waals surface area contributed by atoms with Crippen molar-refractivity contribution in [2.24, 2.45) is 0 Å². The highest BCUT2D eigenvalue weighted by atomic mass is 35.5. The summed E-state index contributed by atoms with van der Waals surface area (Å²) >= 11 is 5.76. The fraction of sp³-hybridized carbons (Fsp3) is 0.0625. The summed E-state index contributed by atoms with van der Waals surface area (Å²) in [6, 6.07) is 12.0. The van der Waals surface area contributed by atoms with Gasteiger partial charge in [-0.2, -0.15) is 0 Å².